The van der Waals surface area contributed by atoms with Crippen LogP contribution in [0, 0.1) is 24.0 Å². The summed E-state index contributed by atoms with van der Waals surface area (Å²) < 4.78 is 5.07. The molecule has 0 aliphatic heterocycles. The van der Waals surface area contributed by atoms with Crippen molar-refractivity contribution in [1.29, 1.82) is 0 Å². The number of nitrogens with one attached hydrogen (secondary N) is 1. The maximum absolute atomic E-state index is 11.6. The van der Waals surface area contributed by atoms with Gasteiger partial charge in [0, 0.05) is 6.07 Å². The largest absolute Gasteiger partial charge is 0.444 e. The molecule has 0 saturated heterocycles. The lowest BCUT2D eigenvalue weighted by Gasteiger charge is -2.19. The summed E-state index contributed by atoms with van der Waals surface area (Å²) >= 11 is 0. The smallest absolute Gasteiger partial charge is 0.412 e. The number of rotatable bonds is 2. The Labute approximate surface area is 111 Å². The van der Waals surface area contributed by atoms with Crippen molar-refractivity contribution in [3.8, 4) is 0 Å². The van der Waals surface area contributed by atoms with Crippen LogP contribution in [0.5, 0.6) is 0 Å². The van der Waals surface area contributed by atoms with Crippen LogP contribution in [0.2, 0.25) is 0 Å². The Hall–Kier alpha value is -2.11. The van der Waals surface area contributed by atoms with Gasteiger partial charge in [0.25, 0.3) is 5.69 Å². The monoisotopic (exact) mass is 266 g/mol. The predicted octanol–water partition coefficient (Wildman–Crippen LogP) is 3.56. The molecule has 0 aliphatic rings. The number of hydrogen-bond acceptors (Lipinski definition) is 4. The molecule has 6 heteroatoms. The number of nitro groups is 1. The summed E-state index contributed by atoms with van der Waals surface area (Å²) in [7, 11) is 0. The van der Waals surface area contributed by atoms with Crippen LogP contribution in [0.1, 0.15) is 31.9 Å². The van der Waals surface area contributed by atoms with Crippen molar-refractivity contribution in [3.63, 3.8) is 0 Å². The highest BCUT2D eigenvalue weighted by Crippen LogP contribution is 2.28. The van der Waals surface area contributed by atoms with E-state index >= 15 is 0 Å². The molecule has 0 aromatic heterocycles. The molecule has 1 rings (SSSR count). The molecular formula is C13H18N2O4. The average Bonchev–Trinajstić information content (AvgIpc) is 2.19. The minimum atomic E-state index is -0.709. The van der Waals surface area contributed by atoms with Crippen LogP contribution in [0.15, 0.2) is 12.1 Å². The number of carbonyl (C=O) groups is 1. The number of amides is 1. The molecule has 1 aromatic rings. The van der Waals surface area contributed by atoms with Crippen molar-refractivity contribution < 1.29 is 14.5 Å². The van der Waals surface area contributed by atoms with E-state index in [0.29, 0.717) is 0 Å². The molecule has 0 bridgehead atoms. The highest BCUT2D eigenvalue weighted by Gasteiger charge is 2.21. The van der Waals surface area contributed by atoms with Gasteiger partial charge in [0.15, 0.2) is 0 Å². The fraction of sp³-hybridized carbons (Fsp3) is 0.462. The van der Waals surface area contributed by atoms with Gasteiger partial charge in [-0.15, -0.1) is 0 Å². The van der Waals surface area contributed by atoms with Gasteiger partial charge in [-0.05, 0) is 51.8 Å². The first kappa shape index (κ1) is 14.9. The number of nitrogens with zero attached hydrogens (tertiary/aromatic N) is 1. The summed E-state index contributed by atoms with van der Waals surface area (Å²) in [5, 5.41) is 13.4. The van der Waals surface area contributed by atoms with Crippen LogP contribution in [0.3, 0.4) is 0 Å². The van der Waals surface area contributed by atoms with Crippen LogP contribution in [0.25, 0.3) is 0 Å². The molecule has 0 aliphatic carbocycles. The van der Waals surface area contributed by atoms with Crippen molar-refractivity contribution in [2.75, 3.05) is 5.32 Å². The molecule has 0 spiro atoms. The Kier molecular flexibility index (Phi) is 4.14. The molecule has 0 atom stereocenters. The van der Waals surface area contributed by atoms with Gasteiger partial charge in [0.2, 0.25) is 0 Å². The quantitative estimate of drug-likeness (QED) is 0.655. The maximum atomic E-state index is 11.6. The minimum absolute atomic E-state index is 0.141. The topological polar surface area (TPSA) is 81.5 Å². The number of anilines is 1. The van der Waals surface area contributed by atoms with Crippen molar-refractivity contribution in [2.45, 2.75) is 40.2 Å². The number of carbonyl (C=O) groups excluding carboxylic acids is 1. The number of hydrogen-bond donors (Lipinski definition) is 1. The zero-order chi connectivity index (χ0) is 14.8. The van der Waals surface area contributed by atoms with E-state index in [1.165, 1.54) is 6.07 Å². The zero-order valence-electron chi connectivity index (χ0n) is 11.7. The fourth-order valence-electron chi connectivity index (χ4n) is 1.47. The van der Waals surface area contributed by atoms with Crippen LogP contribution in [-0.4, -0.2) is 16.6 Å². The number of ether oxygens (including phenoxy) is 1. The standard InChI is InChI=1S/C13H18N2O4/c1-8-6-10(11(15(17)18)7-9(8)2)14-12(16)19-13(3,4)5/h6-7H,1-5H3,(H,14,16). The molecule has 6 nitrogen and oxygen atoms in total. The summed E-state index contributed by atoms with van der Waals surface area (Å²) in [5.74, 6) is 0. The van der Waals surface area contributed by atoms with E-state index in [0.717, 1.165) is 11.1 Å². The lowest BCUT2D eigenvalue weighted by molar-refractivity contribution is -0.384. The van der Waals surface area contributed by atoms with Crippen LogP contribution in [-0.2, 0) is 4.74 Å². The third-order valence-corrected chi connectivity index (χ3v) is 2.44. The first-order valence-electron chi connectivity index (χ1n) is 5.86. The van der Waals surface area contributed by atoms with Gasteiger partial charge in [0.1, 0.15) is 11.3 Å². The second-order valence-corrected chi connectivity index (χ2v) is 5.34. The molecule has 0 saturated carbocycles. The third kappa shape index (κ3) is 4.24. The van der Waals surface area contributed by atoms with Crippen molar-refractivity contribution in [2.24, 2.45) is 0 Å². The number of nitro benzene ring substituents is 1. The third-order valence-electron chi connectivity index (χ3n) is 2.44. The van der Waals surface area contributed by atoms with Gasteiger partial charge in [-0.3, -0.25) is 15.4 Å². The van der Waals surface area contributed by atoms with Gasteiger partial charge in [0.05, 0.1) is 4.92 Å². The van der Waals surface area contributed by atoms with E-state index in [9.17, 15) is 14.9 Å². The average molecular weight is 266 g/mol. The first-order valence-corrected chi connectivity index (χ1v) is 5.86. The predicted molar refractivity (Wildman–Crippen MR) is 72.4 cm³/mol. The Balaban J connectivity index is 3.03. The second-order valence-electron chi connectivity index (χ2n) is 5.34. The summed E-state index contributed by atoms with van der Waals surface area (Å²) in [6.07, 6.45) is -0.709. The van der Waals surface area contributed by atoms with E-state index in [2.05, 4.69) is 5.32 Å². The van der Waals surface area contributed by atoms with E-state index in [1.807, 2.05) is 6.92 Å². The van der Waals surface area contributed by atoms with Crippen molar-refractivity contribution in [3.05, 3.63) is 33.4 Å². The lowest BCUT2D eigenvalue weighted by atomic mass is 10.1. The Morgan fingerprint density at radius 2 is 1.79 bits per heavy atom. The normalized spacial score (nSPS) is 11.0. The SMILES string of the molecule is Cc1cc(NC(=O)OC(C)(C)C)c([N+](=O)[O-])cc1C. The minimum Gasteiger partial charge on any atom is -0.444 e. The fourth-order valence-corrected chi connectivity index (χ4v) is 1.47. The Morgan fingerprint density at radius 3 is 2.26 bits per heavy atom. The van der Waals surface area contributed by atoms with Gasteiger partial charge in [-0.1, -0.05) is 0 Å². The molecule has 1 N–H and O–H groups in total. The first-order chi connectivity index (χ1) is 8.60. The summed E-state index contributed by atoms with van der Waals surface area (Å²) in [6, 6.07) is 3.00. The van der Waals surface area contributed by atoms with Gasteiger partial charge in [-0.25, -0.2) is 4.79 Å². The van der Waals surface area contributed by atoms with E-state index in [1.54, 1.807) is 33.8 Å². The lowest BCUT2D eigenvalue weighted by Crippen LogP contribution is -2.27. The van der Waals surface area contributed by atoms with Gasteiger partial charge < -0.3 is 4.74 Å². The van der Waals surface area contributed by atoms with E-state index < -0.39 is 16.6 Å². The highest BCUT2D eigenvalue weighted by molar-refractivity contribution is 5.88. The second kappa shape index (κ2) is 5.26. The van der Waals surface area contributed by atoms with Crippen LogP contribution >= 0.6 is 0 Å². The molecule has 0 unspecified atom stereocenters. The molecule has 1 amide bonds. The van der Waals surface area contributed by atoms with Crippen LogP contribution in [0.4, 0.5) is 16.2 Å². The summed E-state index contributed by atoms with van der Waals surface area (Å²) in [4.78, 5) is 22.1. The summed E-state index contributed by atoms with van der Waals surface area (Å²) in [5.41, 5.74) is 0.993. The molecule has 19 heavy (non-hydrogen) atoms. The zero-order valence-corrected chi connectivity index (χ0v) is 11.7. The molecule has 0 heterocycles. The van der Waals surface area contributed by atoms with Crippen molar-refractivity contribution >= 4 is 17.5 Å². The molecule has 1 aromatic carbocycles. The van der Waals surface area contributed by atoms with Crippen LogP contribution < -0.4 is 5.32 Å². The highest BCUT2D eigenvalue weighted by atomic mass is 16.6. The molecular weight excluding hydrogens is 248 g/mol. The number of benzene rings is 1. The Morgan fingerprint density at radius 1 is 1.26 bits per heavy atom. The molecule has 104 valence electrons. The van der Waals surface area contributed by atoms with Gasteiger partial charge >= 0.3 is 6.09 Å². The van der Waals surface area contributed by atoms with E-state index in [4.69, 9.17) is 4.74 Å². The molecule has 0 fully saturated rings. The Bertz CT molecular complexity index is 518. The molecule has 0 radical (unpaired) electrons. The van der Waals surface area contributed by atoms with Crippen molar-refractivity contribution in [1.82, 2.24) is 0 Å². The maximum Gasteiger partial charge on any atom is 0.412 e. The van der Waals surface area contributed by atoms with Gasteiger partial charge in [-0.2, -0.15) is 0 Å². The number of aryl methyl sites for hydroxylation is 2. The summed E-state index contributed by atoms with van der Waals surface area (Å²) in [6.45, 7) is 8.77. The van der Waals surface area contributed by atoms with E-state index in [-0.39, 0.29) is 11.4 Å².